The quantitative estimate of drug-likeness (QED) is 0.833. The highest BCUT2D eigenvalue weighted by molar-refractivity contribution is 7.10. The lowest BCUT2D eigenvalue weighted by molar-refractivity contribution is -0.145. The Morgan fingerprint density at radius 1 is 1.17 bits per heavy atom. The fraction of sp³-hybridized carbons (Fsp3) is 0.222. The van der Waals surface area contributed by atoms with Crippen molar-refractivity contribution in [2.45, 2.75) is 26.2 Å². The van der Waals surface area contributed by atoms with E-state index < -0.39 is 24.3 Å². The van der Waals surface area contributed by atoms with Crippen molar-refractivity contribution in [2.24, 2.45) is 0 Å². The number of thiophene rings is 1. The SMILES string of the molecule is Cc1cc(/C=C/c2cccs2)cc(C)c1C(CC(=O)O)C(=O)O. The van der Waals surface area contributed by atoms with Crippen LogP contribution in [0.3, 0.4) is 0 Å². The predicted octanol–water partition coefficient (Wildman–Crippen LogP) is 4.18. The van der Waals surface area contributed by atoms with Gasteiger partial charge >= 0.3 is 11.9 Å². The number of aliphatic carboxylic acids is 2. The molecule has 1 heterocycles. The van der Waals surface area contributed by atoms with Crippen molar-refractivity contribution in [3.05, 3.63) is 56.8 Å². The number of carbonyl (C=O) groups is 2. The molecule has 0 saturated carbocycles. The van der Waals surface area contributed by atoms with Crippen LogP contribution in [0.25, 0.3) is 12.2 Å². The van der Waals surface area contributed by atoms with E-state index in [0.717, 1.165) is 21.6 Å². The van der Waals surface area contributed by atoms with Crippen molar-refractivity contribution in [3.63, 3.8) is 0 Å². The van der Waals surface area contributed by atoms with Crippen molar-refractivity contribution in [3.8, 4) is 0 Å². The van der Waals surface area contributed by atoms with E-state index in [-0.39, 0.29) is 0 Å². The maximum absolute atomic E-state index is 11.4. The zero-order chi connectivity index (χ0) is 17.0. The maximum atomic E-state index is 11.4. The minimum absolute atomic E-state index is 0.415. The van der Waals surface area contributed by atoms with Crippen LogP contribution < -0.4 is 0 Å². The molecule has 2 rings (SSSR count). The fourth-order valence-corrected chi connectivity index (χ4v) is 3.32. The van der Waals surface area contributed by atoms with E-state index in [2.05, 4.69) is 0 Å². The van der Waals surface area contributed by atoms with Crippen LogP contribution in [0.4, 0.5) is 0 Å². The van der Waals surface area contributed by atoms with Gasteiger partial charge in [0.1, 0.15) is 0 Å². The number of rotatable bonds is 6. The van der Waals surface area contributed by atoms with E-state index in [1.807, 2.05) is 55.6 Å². The molecule has 2 aromatic rings. The summed E-state index contributed by atoms with van der Waals surface area (Å²) in [5, 5.41) is 20.3. The van der Waals surface area contributed by atoms with Crippen LogP contribution in [0.1, 0.15) is 39.5 Å². The molecule has 0 amide bonds. The first-order valence-electron chi connectivity index (χ1n) is 7.16. The molecule has 0 radical (unpaired) electrons. The highest BCUT2D eigenvalue weighted by atomic mass is 32.1. The van der Waals surface area contributed by atoms with Crippen LogP contribution >= 0.6 is 11.3 Å². The second-order valence-electron chi connectivity index (χ2n) is 5.41. The fourth-order valence-electron chi connectivity index (χ4n) is 2.71. The van der Waals surface area contributed by atoms with E-state index in [4.69, 9.17) is 5.11 Å². The summed E-state index contributed by atoms with van der Waals surface area (Å²) < 4.78 is 0. The molecule has 1 aromatic carbocycles. The van der Waals surface area contributed by atoms with Gasteiger partial charge in [-0.1, -0.05) is 24.3 Å². The van der Waals surface area contributed by atoms with Crippen molar-refractivity contribution in [1.82, 2.24) is 0 Å². The van der Waals surface area contributed by atoms with Crippen LogP contribution in [0.5, 0.6) is 0 Å². The molecule has 1 atom stereocenters. The molecule has 0 aliphatic heterocycles. The molecule has 2 N–H and O–H groups in total. The Bertz CT molecular complexity index is 721. The molecule has 1 aromatic heterocycles. The van der Waals surface area contributed by atoms with Gasteiger partial charge in [0.05, 0.1) is 12.3 Å². The van der Waals surface area contributed by atoms with Gasteiger partial charge in [0.25, 0.3) is 0 Å². The van der Waals surface area contributed by atoms with E-state index in [0.29, 0.717) is 5.56 Å². The molecule has 0 bridgehead atoms. The molecule has 0 aliphatic rings. The van der Waals surface area contributed by atoms with Gasteiger partial charge in [-0.2, -0.15) is 0 Å². The molecule has 0 aliphatic carbocycles. The Morgan fingerprint density at radius 3 is 2.30 bits per heavy atom. The first kappa shape index (κ1) is 17.0. The molecule has 1 unspecified atom stereocenters. The number of carboxylic acids is 2. The summed E-state index contributed by atoms with van der Waals surface area (Å²) in [4.78, 5) is 23.5. The van der Waals surface area contributed by atoms with E-state index in [1.165, 1.54) is 0 Å². The third-order valence-electron chi connectivity index (χ3n) is 3.62. The Morgan fingerprint density at radius 2 is 1.83 bits per heavy atom. The summed E-state index contributed by atoms with van der Waals surface area (Å²) in [6, 6.07) is 7.78. The minimum atomic E-state index is -1.11. The van der Waals surface area contributed by atoms with Crippen LogP contribution in [-0.4, -0.2) is 22.2 Å². The van der Waals surface area contributed by atoms with Crippen LogP contribution in [-0.2, 0) is 9.59 Å². The average molecular weight is 330 g/mol. The van der Waals surface area contributed by atoms with Gasteiger partial charge in [0, 0.05) is 4.88 Å². The highest BCUT2D eigenvalue weighted by Crippen LogP contribution is 2.29. The van der Waals surface area contributed by atoms with Crippen LogP contribution in [0.2, 0.25) is 0 Å². The first-order chi connectivity index (χ1) is 10.9. The molecule has 0 saturated heterocycles. The smallest absolute Gasteiger partial charge is 0.311 e. The molecular formula is C18H18O4S. The topological polar surface area (TPSA) is 74.6 Å². The molecule has 23 heavy (non-hydrogen) atoms. The molecule has 0 spiro atoms. The van der Waals surface area contributed by atoms with Crippen molar-refractivity contribution >= 4 is 35.4 Å². The summed E-state index contributed by atoms with van der Waals surface area (Å²) >= 11 is 1.64. The summed E-state index contributed by atoms with van der Waals surface area (Å²) in [6.07, 6.45) is 3.56. The van der Waals surface area contributed by atoms with Gasteiger partial charge in [0.2, 0.25) is 0 Å². The molecule has 120 valence electrons. The lowest BCUT2D eigenvalue weighted by Crippen LogP contribution is -2.18. The highest BCUT2D eigenvalue weighted by Gasteiger charge is 2.26. The normalized spacial score (nSPS) is 12.4. The van der Waals surface area contributed by atoms with Gasteiger partial charge in [-0.3, -0.25) is 9.59 Å². The monoisotopic (exact) mass is 330 g/mol. The lowest BCUT2D eigenvalue weighted by atomic mass is 9.87. The lowest BCUT2D eigenvalue weighted by Gasteiger charge is -2.17. The van der Waals surface area contributed by atoms with Crippen LogP contribution in [0, 0.1) is 13.8 Å². The van der Waals surface area contributed by atoms with Gasteiger partial charge in [-0.25, -0.2) is 0 Å². The third-order valence-corrected chi connectivity index (χ3v) is 4.46. The van der Waals surface area contributed by atoms with Crippen LogP contribution in [0.15, 0.2) is 29.6 Å². The Kier molecular flexibility index (Phi) is 5.34. The number of benzene rings is 1. The zero-order valence-electron chi connectivity index (χ0n) is 12.9. The van der Waals surface area contributed by atoms with E-state index >= 15 is 0 Å². The van der Waals surface area contributed by atoms with Crippen molar-refractivity contribution in [1.29, 1.82) is 0 Å². The zero-order valence-corrected chi connectivity index (χ0v) is 13.8. The molecule has 0 fully saturated rings. The van der Waals surface area contributed by atoms with Gasteiger partial charge < -0.3 is 10.2 Å². The summed E-state index contributed by atoms with van der Waals surface area (Å²) in [5.41, 5.74) is 3.15. The largest absolute Gasteiger partial charge is 0.481 e. The van der Waals surface area contributed by atoms with E-state index in [9.17, 15) is 14.7 Å². The second kappa shape index (κ2) is 7.24. The predicted molar refractivity (Wildman–Crippen MR) is 91.8 cm³/mol. The van der Waals surface area contributed by atoms with Gasteiger partial charge in [-0.15, -0.1) is 11.3 Å². The molecular weight excluding hydrogens is 312 g/mol. The number of carboxylic acid groups (broad SMARTS) is 2. The maximum Gasteiger partial charge on any atom is 0.311 e. The summed E-state index contributed by atoms with van der Waals surface area (Å²) in [6.45, 7) is 3.64. The van der Waals surface area contributed by atoms with Crippen molar-refractivity contribution in [2.75, 3.05) is 0 Å². The van der Waals surface area contributed by atoms with Gasteiger partial charge in [0.15, 0.2) is 0 Å². The Hall–Kier alpha value is -2.40. The van der Waals surface area contributed by atoms with Crippen molar-refractivity contribution < 1.29 is 19.8 Å². The third kappa shape index (κ3) is 4.29. The Balaban J connectivity index is 2.36. The summed E-state index contributed by atoms with van der Waals surface area (Å²) in [7, 11) is 0. The average Bonchev–Trinajstić information content (AvgIpc) is 2.96. The number of aryl methyl sites for hydroxylation is 2. The van der Waals surface area contributed by atoms with E-state index in [1.54, 1.807) is 11.3 Å². The molecule has 5 heteroatoms. The standard InChI is InChI=1S/C18H18O4S/c1-11-8-13(5-6-14-4-3-7-23-14)9-12(2)17(11)15(18(21)22)10-16(19)20/h3-9,15H,10H2,1-2H3,(H,19,20)(H,21,22)/b6-5+. The Labute approximate surface area is 138 Å². The number of hydrogen-bond acceptors (Lipinski definition) is 3. The summed E-state index contributed by atoms with van der Waals surface area (Å²) in [5.74, 6) is -3.25. The minimum Gasteiger partial charge on any atom is -0.481 e. The van der Waals surface area contributed by atoms with Gasteiger partial charge in [-0.05, 0) is 53.6 Å². The first-order valence-corrected chi connectivity index (χ1v) is 8.03. The number of hydrogen-bond donors (Lipinski definition) is 2. The molecule has 4 nitrogen and oxygen atoms in total. The second-order valence-corrected chi connectivity index (χ2v) is 6.39.